The van der Waals surface area contributed by atoms with Gasteiger partial charge in [0.1, 0.15) is 0 Å². The molecule has 1 aliphatic rings. The Hall–Kier alpha value is -1.37. The van der Waals surface area contributed by atoms with E-state index in [9.17, 15) is 9.82 Å². The van der Waals surface area contributed by atoms with E-state index in [2.05, 4.69) is 5.32 Å². The summed E-state index contributed by atoms with van der Waals surface area (Å²) in [6.07, 6.45) is 0. The van der Waals surface area contributed by atoms with Gasteiger partial charge in [0.2, 0.25) is 0 Å². The number of carbonyl (C=O) groups excluding carboxylic acids is 1. The first-order valence-corrected chi connectivity index (χ1v) is 5.48. The molecule has 1 aromatic rings. The molecule has 17 heavy (non-hydrogen) atoms. The van der Waals surface area contributed by atoms with Crippen LogP contribution in [-0.4, -0.2) is 31.6 Å². The third kappa shape index (κ3) is 3.29. The van der Waals surface area contributed by atoms with Gasteiger partial charge in [-0.3, -0.25) is 4.79 Å². The number of nitrogens with two attached hydrogens (primary N) is 1. The Morgan fingerprint density at radius 3 is 2.88 bits per heavy atom. The second kappa shape index (κ2) is 6.39. The number of hydrogen-bond donors (Lipinski definition) is 3. The minimum Gasteiger partial charge on any atom is -0.423 e. The Balaban J connectivity index is 0.000000437. The molecule has 0 radical (unpaired) electrons. The third-order valence-electron chi connectivity index (χ3n) is 2.30. The van der Waals surface area contributed by atoms with Gasteiger partial charge >= 0.3 is 7.12 Å². The summed E-state index contributed by atoms with van der Waals surface area (Å²) in [6, 6.07) is 5.18. The Morgan fingerprint density at radius 2 is 2.29 bits per heavy atom. The fourth-order valence-electron chi connectivity index (χ4n) is 1.50. The van der Waals surface area contributed by atoms with Crippen molar-refractivity contribution in [1.82, 2.24) is 5.32 Å². The highest BCUT2D eigenvalue weighted by molar-refractivity contribution is 6.61. The zero-order valence-electron chi connectivity index (χ0n) is 10.1. The molecule has 5 nitrogen and oxygen atoms in total. The summed E-state index contributed by atoms with van der Waals surface area (Å²) in [4.78, 5) is 11.3. The number of nitrogens with one attached hydrogen (secondary N) is 1. The quantitative estimate of drug-likeness (QED) is 0.559. The van der Waals surface area contributed by atoms with E-state index in [1.165, 1.54) is 0 Å². The van der Waals surface area contributed by atoms with E-state index >= 15 is 0 Å². The van der Waals surface area contributed by atoms with Gasteiger partial charge in [0.25, 0.3) is 5.91 Å². The predicted octanol–water partition coefficient (Wildman–Crippen LogP) is -0.771. The summed E-state index contributed by atoms with van der Waals surface area (Å²) >= 11 is 0. The molecule has 0 spiro atoms. The van der Waals surface area contributed by atoms with Crippen LogP contribution < -0.4 is 16.5 Å². The van der Waals surface area contributed by atoms with E-state index in [1.54, 1.807) is 25.2 Å². The lowest BCUT2D eigenvalue weighted by atomic mass is 9.79. The van der Waals surface area contributed by atoms with Crippen LogP contribution in [0.25, 0.3) is 0 Å². The molecule has 0 fully saturated rings. The van der Waals surface area contributed by atoms with Crippen LogP contribution in [0.2, 0.25) is 0 Å². The molecule has 4 N–H and O–H groups in total. The van der Waals surface area contributed by atoms with Gasteiger partial charge in [0.15, 0.2) is 0 Å². The average Bonchev–Trinajstić information content (AvgIpc) is 2.71. The zero-order valence-corrected chi connectivity index (χ0v) is 10.1. The van der Waals surface area contributed by atoms with E-state index in [4.69, 9.17) is 10.4 Å². The van der Waals surface area contributed by atoms with Crippen LogP contribution >= 0.6 is 0 Å². The van der Waals surface area contributed by atoms with Crippen LogP contribution in [0.3, 0.4) is 0 Å². The van der Waals surface area contributed by atoms with E-state index in [-0.39, 0.29) is 5.91 Å². The Bertz CT molecular complexity index is 398. The highest BCUT2D eigenvalue weighted by Crippen LogP contribution is 2.11. The fourth-order valence-corrected chi connectivity index (χ4v) is 1.50. The van der Waals surface area contributed by atoms with Gasteiger partial charge < -0.3 is 20.7 Å². The molecule has 6 heteroatoms. The van der Waals surface area contributed by atoms with Crippen molar-refractivity contribution in [2.75, 3.05) is 13.6 Å². The fraction of sp³-hybridized carbons (Fsp3) is 0.364. The molecule has 92 valence electrons. The molecule has 0 unspecified atom stereocenters. The molecular weight excluding hydrogens is 219 g/mol. The number of amides is 1. The van der Waals surface area contributed by atoms with Crippen LogP contribution in [0.15, 0.2) is 18.2 Å². The lowest BCUT2D eigenvalue weighted by molar-refractivity contribution is 0.0963. The lowest BCUT2D eigenvalue weighted by Crippen LogP contribution is -2.29. The maximum Gasteiger partial charge on any atom is 0.491 e. The Kier molecular flexibility index (Phi) is 5.15. The molecule has 0 aromatic heterocycles. The van der Waals surface area contributed by atoms with Crippen LogP contribution in [0.5, 0.6) is 0 Å². The van der Waals surface area contributed by atoms with E-state index in [0.717, 1.165) is 12.1 Å². The first-order valence-electron chi connectivity index (χ1n) is 5.48. The van der Waals surface area contributed by atoms with E-state index < -0.39 is 7.12 Å². The molecule has 0 atom stereocenters. The summed E-state index contributed by atoms with van der Waals surface area (Å²) in [7, 11) is 0.678. The molecule has 1 aliphatic heterocycles. The normalized spacial score (nSPS) is 12.6. The largest absolute Gasteiger partial charge is 0.491 e. The molecule has 0 bridgehead atoms. The van der Waals surface area contributed by atoms with Crippen molar-refractivity contribution >= 4 is 18.5 Å². The number of fused-ring (bicyclic) bond motifs is 1. The Labute approximate surface area is 101 Å². The molecular formula is C11H17BN2O3. The van der Waals surface area contributed by atoms with Crippen LogP contribution in [-0.2, 0) is 11.3 Å². The number of carbonyl (C=O) groups is 1. The molecule has 2 rings (SSSR count). The standard InChI is InChI=1S/C9H10BNO3.C2H7N/c1-11-9(12)6-2-3-7-5-14-10(13)8(7)4-6;1-2-3/h2-4,13H,5H2,1H3,(H,11,12);2-3H2,1H3. The van der Waals surface area contributed by atoms with Crippen molar-refractivity contribution in [2.24, 2.45) is 5.73 Å². The maximum atomic E-state index is 11.3. The SMILES string of the molecule is CCN.CNC(=O)c1ccc2c(c1)B(O)OC2. The molecule has 0 saturated carbocycles. The van der Waals surface area contributed by atoms with Crippen LogP contribution in [0, 0.1) is 0 Å². The van der Waals surface area contributed by atoms with Crippen LogP contribution in [0.1, 0.15) is 22.8 Å². The third-order valence-corrected chi connectivity index (χ3v) is 2.30. The average molecular weight is 236 g/mol. The summed E-state index contributed by atoms with van der Waals surface area (Å²) in [5.74, 6) is -0.160. The molecule has 1 heterocycles. The Morgan fingerprint density at radius 1 is 1.65 bits per heavy atom. The van der Waals surface area contributed by atoms with Gasteiger partial charge in [-0.1, -0.05) is 13.0 Å². The second-order valence-corrected chi connectivity index (χ2v) is 3.56. The molecule has 1 aromatic carbocycles. The summed E-state index contributed by atoms with van der Waals surface area (Å²) in [5, 5.41) is 11.9. The smallest absolute Gasteiger partial charge is 0.423 e. The lowest BCUT2D eigenvalue weighted by Gasteiger charge is -2.02. The van der Waals surface area contributed by atoms with Crippen molar-refractivity contribution in [3.63, 3.8) is 0 Å². The maximum absolute atomic E-state index is 11.3. The van der Waals surface area contributed by atoms with Crippen molar-refractivity contribution < 1.29 is 14.5 Å². The highest BCUT2D eigenvalue weighted by Gasteiger charge is 2.27. The first-order chi connectivity index (χ1) is 8.13. The van der Waals surface area contributed by atoms with Crippen molar-refractivity contribution in [1.29, 1.82) is 0 Å². The molecule has 1 amide bonds. The van der Waals surface area contributed by atoms with Crippen molar-refractivity contribution in [3.05, 3.63) is 29.3 Å². The molecule has 0 aliphatic carbocycles. The van der Waals surface area contributed by atoms with Crippen LogP contribution in [0.4, 0.5) is 0 Å². The number of rotatable bonds is 1. The topological polar surface area (TPSA) is 84.6 Å². The number of hydrogen-bond acceptors (Lipinski definition) is 4. The van der Waals surface area contributed by atoms with Gasteiger partial charge in [-0.2, -0.15) is 0 Å². The van der Waals surface area contributed by atoms with Gasteiger partial charge in [-0.15, -0.1) is 0 Å². The van der Waals surface area contributed by atoms with Gasteiger partial charge in [-0.25, -0.2) is 0 Å². The van der Waals surface area contributed by atoms with E-state index in [0.29, 0.717) is 17.6 Å². The highest BCUT2D eigenvalue weighted by atomic mass is 16.5. The minimum atomic E-state index is -0.894. The summed E-state index contributed by atoms with van der Waals surface area (Å²) < 4.78 is 5.02. The first kappa shape index (κ1) is 13.7. The predicted molar refractivity (Wildman–Crippen MR) is 67.0 cm³/mol. The van der Waals surface area contributed by atoms with Gasteiger partial charge in [0.05, 0.1) is 6.61 Å². The zero-order chi connectivity index (χ0) is 12.8. The minimum absolute atomic E-state index is 0.160. The van der Waals surface area contributed by atoms with E-state index in [1.807, 2.05) is 6.92 Å². The number of benzene rings is 1. The second-order valence-electron chi connectivity index (χ2n) is 3.56. The molecule has 0 saturated heterocycles. The van der Waals surface area contributed by atoms with Gasteiger partial charge in [-0.05, 0) is 29.7 Å². The van der Waals surface area contributed by atoms with Gasteiger partial charge in [0, 0.05) is 12.6 Å². The monoisotopic (exact) mass is 236 g/mol. The summed E-state index contributed by atoms with van der Waals surface area (Å²) in [6.45, 7) is 3.06. The summed E-state index contributed by atoms with van der Waals surface area (Å²) in [5.41, 5.74) is 7.01. The van der Waals surface area contributed by atoms with Crippen molar-refractivity contribution in [2.45, 2.75) is 13.5 Å². The van der Waals surface area contributed by atoms with Crippen molar-refractivity contribution in [3.8, 4) is 0 Å².